The van der Waals surface area contributed by atoms with E-state index in [1.807, 2.05) is 0 Å². The Kier molecular flexibility index (Phi) is 6.80. The summed E-state index contributed by atoms with van der Waals surface area (Å²) in [6.45, 7) is 1.39. The number of nitrogens with zero attached hydrogens (tertiary/aromatic N) is 1. The topological polar surface area (TPSA) is 91.8 Å². The minimum Gasteiger partial charge on any atom is -0.479 e. The Bertz CT molecular complexity index is 1390. The molecule has 0 amide bonds. The zero-order valence-electron chi connectivity index (χ0n) is 18.3. The number of ketones is 2. The predicted octanol–water partition coefficient (Wildman–Crippen LogP) is 5.82. The molecule has 1 unspecified atom stereocenters. The maximum Gasteiger partial charge on any atom is 0.417 e. The van der Waals surface area contributed by atoms with Gasteiger partial charge in [0.1, 0.15) is 16.5 Å². The van der Waals surface area contributed by atoms with Crippen molar-refractivity contribution in [3.8, 4) is 17.4 Å². The molecule has 0 N–H and O–H groups in total. The molecule has 0 fully saturated rings. The molecule has 1 heterocycles. The highest BCUT2D eigenvalue weighted by Crippen LogP contribution is 2.35. The Morgan fingerprint density at radius 3 is 2.28 bits per heavy atom. The standard InChI is InChI=1S/C25H15ClF3NO6/c1-13(24(33)36-21-11-20(31)17-4-2-3-5-18(17)22(21)32)34-15-6-8-16(9-7-15)35-23-19(26)10-14(12-30-23)25(27,28)29/h2-13H,1H3. The van der Waals surface area contributed by atoms with Gasteiger partial charge in [0.05, 0.1) is 5.56 Å². The third kappa shape index (κ3) is 5.38. The van der Waals surface area contributed by atoms with Gasteiger partial charge in [-0.15, -0.1) is 0 Å². The van der Waals surface area contributed by atoms with Crippen molar-refractivity contribution in [3.63, 3.8) is 0 Å². The monoisotopic (exact) mass is 517 g/mol. The summed E-state index contributed by atoms with van der Waals surface area (Å²) < 4.78 is 54.2. The summed E-state index contributed by atoms with van der Waals surface area (Å²) in [7, 11) is 0. The molecule has 0 spiro atoms. The van der Waals surface area contributed by atoms with E-state index in [9.17, 15) is 27.6 Å². The van der Waals surface area contributed by atoms with Crippen LogP contribution in [-0.4, -0.2) is 28.6 Å². The number of esters is 1. The van der Waals surface area contributed by atoms with Crippen LogP contribution < -0.4 is 9.47 Å². The molecule has 0 saturated heterocycles. The van der Waals surface area contributed by atoms with Crippen LogP contribution in [0.4, 0.5) is 13.2 Å². The lowest BCUT2D eigenvalue weighted by Gasteiger charge is -2.17. The predicted molar refractivity (Wildman–Crippen MR) is 120 cm³/mol. The molecular weight excluding hydrogens is 503 g/mol. The maximum atomic E-state index is 12.7. The lowest BCUT2D eigenvalue weighted by Crippen LogP contribution is -2.29. The van der Waals surface area contributed by atoms with Crippen molar-refractivity contribution in [1.29, 1.82) is 0 Å². The molecule has 0 radical (unpaired) electrons. The van der Waals surface area contributed by atoms with Gasteiger partial charge in [-0.05, 0) is 37.3 Å². The van der Waals surface area contributed by atoms with E-state index in [-0.39, 0.29) is 33.5 Å². The normalized spacial score (nSPS) is 14.0. The molecule has 1 aromatic heterocycles. The molecule has 0 saturated carbocycles. The van der Waals surface area contributed by atoms with Gasteiger partial charge in [0.2, 0.25) is 11.7 Å². The van der Waals surface area contributed by atoms with Crippen molar-refractivity contribution >= 4 is 29.1 Å². The Morgan fingerprint density at radius 1 is 1.00 bits per heavy atom. The van der Waals surface area contributed by atoms with Crippen molar-refractivity contribution < 1.29 is 41.8 Å². The van der Waals surface area contributed by atoms with Crippen molar-refractivity contribution in [2.75, 3.05) is 0 Å². The van der Waals surface area contributed by atoms with E-state index in [2.05, 4.69) is 4.98 Å². The van der Waals surface area contributed by atoms with Crippen LogP contribution in [0.2, 0.25) is 5.02 Å². The second kappa shape index (κ2) is 9.82. The molecule has 36 heavy (non-hydrogen) atoms. The highest BCUT2D eigenvalue weighted by Gasteiger charge is 2.32. The molecule has 0 aliphatic heterocycles. The highest BCUT2D eigenvalue weighted by atomic mass is 35.5. The third-order valence-corrected chi connectivity index (χ3v) is 5.22. The average Bonchev–Trinajstić information content (AvgIpc) is 2.84. The lowest BCUT2D eigenvalue weighted by molar-refractivity contribution is -0.146. The second-order valence-electron chi connectivity index (χ2n) is 7.51. The van der Waals surface area contributed by atoms with Crippen molar-refractivity contribution in [2.24, 2.45) is 0 Å². The van der Waals surface area contributed by atoms with Gasteiger partial charge in [0.15, 0.2) is 17.6 Å². The van der Waals surface area contributed by atoms with E-state index in [1.165, 1.54) is 43.3 Å². The quantitative estimate of drug-likeness (QED) is 0.380. The zero-order valence-corrected chi connectivity index (χ0v) is 19.1. The van der Waals surface area contributed by atoms with E-state index in [0.717, 1.165) is 6.08 Å². The van der Waals surface area contributed by atoms with E-state index in [0.29, 0.717) is 12.3 Å². The number of fused-ring (bicyclic) bond motifs is 1. The summed E-state index contributed by atoms with van der Waals surface area (Å²) in [5.74, 6) is -2.16. The lowest BCUT2D eigenvalue weighted by atomic mass is 9.94. The summed E-state index contributed by atoms with van der Waals surface area (Å²) >= 11 is 5.83. The van der Waals surface area contributed by atoms with Gasteiger partial charge in [-0.25, -0.2) is 9.78 Å². The molecule has 184 valence electrons. The van der Waals surface area contributed by atoms with Crippen LogP contribution in [0.5, 0.6) is 17.4 Å². The van der Waals surface area contributed by atoms with E-state index < -0.39 is 41.1 Å². The van der Waals surface area contributed by atoms with Crippen molar-refractivity contribution in [2.45, 2.75) is 19.2 Å². The fraction of sp³-hybridized carbons (Fsp3) is 0.120. The minimum atomic E-state index is -4.59. The smallest absolute Gasteiger partial charge is 0.417 e. The number of ether oxygens (including phenoxy) is 3. The van der Waals surface area contributed by atoms with E-state index in [1.54, 1.807) is 12.1 Å². The fourth-order valence-electron chi connectivity index (χ4n) is 3.16. The van der Waals surface area contributed by atoms with Gasteiger partial charge in [0, 0.05) is 23.4 Å². The van der Waals surface area contributed by atoms with Crippen LogP contribution in [0.3, 0.4) is 0 Å². The maximum absolute atomic E-state index is 12.7. The average molecular weight is 518 g/mol. The zero-order chi connectivity index (χ0) is 26.0. The number of pyridine rings is 1. The summed E-state index contributed by atoms with van der Waals surface area (Å²) in [6, 6.07) is 12.6. The van der Waals surface area contributed by atoms with Crippen LogP contribution in [0.1, 0.15) is 33.2 Å². The number of allylic oxidation sites excluding steroid dienone is 2. The Morgan fingerprint density at radius 2 is 1.64 bits per heavy atom. The highest BCUT2D eigenvalue weighted by molar-refractivity contribution is 6.31. The van der Waals surface area contributed by atoms with Gasteiger partial charge < -0.3 is 14.2 Å². The van der Waals surface area contributed by atoms with Crippen molar-refractivity contribution in [3.05, 3.63) is 94.3 Å². The number of rotatable bonds is 6. The number of benzene rings is 2. The number of hydrogen-bond donors (Lipinski definition) is 0. The van der Waals surface area contributed by atoms with Gasteiger partial charge in [-0.3, -0.25) is 9.59 Å². The molecule has 2 aromatic carbocycles. The molecule has 7 nitrogen and oxygen atoms in total. The van der Waals surface area contributed by atoms with Gasteiger partial charge >= 0.3 is 12.1 Å². The first-order chi connectivity index (χ1) is 17.0. The number of Topliss-reactive ketones (excluding diaryl/α,β-unsaturated/α-hetero) is 1. The number of carbonyl (C=O) groups is 3. The van der Waals surface area contributed by atoms with Gasteiger partial charge in [-0.2, -0.15) is 13.2 Å². The minimum absolute atomic E-state index is 0.139. The number of hydrogen-bond acceptors (Lipinski definition) is 7. The third-order valence-electron chi connectivity index (χ3n) is 4.95. The number of carbonyl (C=O) groups excluding carboxylic acids is 3. The molecule has 11 heteroatoms. The Balaban J connectivity index is 1.37. The SMILES string of the molecule is CC(Oc1ccc(Oc2ncc(C(F)(F)F)cc2Cl)cc1)C(=O)OC1=CC(=O)c2ccccc2C1=O. The molecule has 3 aromatic rings. The van der Waals surface area contributed by atoms with E-state index in [4.69, 9.17) is 25.8 Å². The second-order valence-corrected chi connectivity index (χ2v) is 7.92. The summed E-state index contributed by atoms with van der Waals surface area (Å²) in [5, 5.41) is -0.325. The molecule has 1 atom stereocenters. The summed E-state index contributed by atoms with van der Waals surface area (Å²) in [5.41, 5.74) is -0.648. The molecule has 1 aliphatic carbocycles. The van der Waals surface area contributed by atoms with Crippen LogP contribution in [0.25, 0.3) is 0 Å². The first kappa shape index (κ1) is 24.9. The molecule has 0 bridgehead atoms. The fourth-order valence-corrected chi connectivity index (χ4v) is 3.37. The number of aromatic nitrogens is 1. The Hall–Kier alpha value is -4.18. The van der Waals surface area contributed by atoms with Gasteiger partial charge in [0.25, 0.3) is 0 Å². The van der Waals surface area contributed by atoms with Crippen molar-refractivity contribution in [1.82, 2.24) is 4.98 Å². The van der Waals surface area contributed by atoms with Crippen LogP contribution in [-0.2, 0) is 15.7 Å². The summed E-state index contributed by atoms with van der Waals surface area (Å²) in [4.78, 5) is 40.8. The van der Waals surface area contributed by atoms with Crippen LogP contribution in [0, 0.1) is 0 Å². The Labute approximate surface area is 207 Å². The largest absolute Gasteiger partial charge is 0.479 e. The number of alkyl halides is 3. The molecule has 1 aliphatic rings. The summed E-state index contributed by atoms with van der Waals surface area (Å²) in [6.07, 6.45) is -4.18. The number of halogens is 4. The molecule has 4 rings (SSSR count). The van der Waals surface area contributed by atoms with Crippen LogP contribution >= 0.6 is 11.6 Å². The van der Waals surface area contributed by atoms with Gasteiger partial charge in [-0.1, -0.05) is 35.9 Å². The molecular formula is C25H15ClF3NO6. The van der Waals surface area contributed by atoms with Crippen LogP contribution in [0.15, 0.2) is 72.6 Å². The first-order valence-electron chi connectivity index (χ1n) is 10.3. The first-order valence-corrected chi connectivity index (χ1v) is 10.7. The van der Waals surface area contributed by atoms with E-state index >= 15 is 0 Å².